The van der Waals surface area contributed by atoms with Gasteiger partial charge in [-0.05, 0) is 65.9 Å². The van der Waals surface area contributed by atoms with Crippen molar-refractivity contribution in [3.63, 3.8) is 0 Å². The van der Waals surface area contributed by atoms with Crippen LogP contribution in [0.4, 0.5) is 5.69 Å². The number of hydrogen-bond donors (Lipinski definition) is 4. The molecule has 1 atom stereocenters. The second-order valence-electron chi connectivity index (χ2n) is 6.90. The number of halogens is 1. The Morgan fingerprint density at radius 1 is 1.27 bits per heavy atom. The number of hydrogen-bond acceptors (Lipinski definition) is 8. The van der Waals surface area contributed by atoms with Crippen LogP contribution in [0.15, 0.2) is 65.4 Å². The van der Waals surface area contributed by atoms with Gasteiger partial charge in [0.25, 0.3) is 5.91 Å². The van der Waals surface area contributed by atoms with E-state index in [0.717, 1.165) is 15.1 Å². The van der Waals surface area contributed by atoms with Crippen molar-refractivity contribution >= 4 is 52.2 Å². The highest BCUT2D eigenvalue weighted by Crippen LogP contribution is 2.24. The average Bonchev–Trinajstić information content (AvgIpc) is 3.16. The number of thioether (sulfide) groups is 1. The lowest BCUT2D eigenvalue weighted by atomic mass is 10.2. The molecule has 3 aromatic rings. The normalized spacial score (nSPS) is 11.9. The van der Waals surface area contributed by atoms with E-state index in [1.165, 1.54) is 36.2 Å². The molecule has 0 bridgehead atoms. The quantitative estimate of drug-likeness (QED) is 0.0951. The highest BCUT2D eigenvalue weighted by atomic mass is 127. The van der Waals surface area contributed by atoms with Gasteiger partial charge in [-0.2, -0.15) is 5.10 Å². The van der Waals surface area contributed by atoms with Gasteiger partial charge in [-0.15, -0.1) is 16.8 Å². The van der Waals surface area contributed by atoms with Crippen LogP contribution in [0.1, 0.15) is 18.3 Å². The number of benzene rings is 2. The monoisotopic (exact) mass is 578 g/mol. The lowest BCUT2D eigenvalue weighted by Gasteiger charge is -2.12. The lowest BCUT2D eigenvalue weighted by molar-refractivity contribution is -0.120. The maximum atomic E-state index is 12.5. The van der Waals surface area contributed by atoms with E-state index in [9.17, 15) is 15.0 Å². The molecule has 0 aliphatic heterocycles. The summed E-state index contributed by atoms with van der Waals surface area (Å²) in [5.41, 5.74) is 3.79. The molecule has 0 saturated heterocycles. The molecule has 11 heteroatoms. The molecule has 1 amide bonds. The predicted molar refractivity (Wildman–Crippen MR) is 138 cm³/mol. The molecule has 0 radical (unpaired) electrons. The number of aromatic nitrogens is 3. The Balaban J connectivity index is 1.61. The fourth-order valence-corrected chi connectivity index (χ4v) is 3.94. The molecule has 33 heavy (non-hydrogen) atoms. The Kier molecular flexibility index (Phi) is 8.72. The molecule has 2 aromatic carbocycles. The van der Waals surface area contributed by atoms with Crippen molar-refractivity contribution in [1.29, 1.82) is 0 Å². The number of phenols is 2. The summed E-state index contributed by atoms with van der Waals surface area (Å²) < 4.78 is 3.06. The molecule has 172 valence electrons. The van der Waals surface area contributed by atoms with Crippen LogP contribution in [0.5, 0.6) is 11.5 Å². The van der Waals surface area contributed by atoms with Gasteiger partial charge in [0.2, 0.25) is 0 Å². The molecule has 0 unspecified atom stereocenters. The van der Waals surface area contributed by atoms with Gasteiger partial charge >= 0.3 is 0 Å². The summed E-state index contributed by atoms with van der Waals surface area (Å²) in [6, 6.07) is 12.1. The Bertz CT molecular complexity index is 1150. The van der Waals surface area contributed by atoms with Crippen LogP contribution in [0.3, 0.4) is 0 Å². The van der Waals surface area contributed by atoms with Gasteiger partial charge in [-0.3, -0.25) is 4.79 Å². The number of amides is 1. The molecular weight excluding hydrogens is 555 g/mol. The summed E-state index contributed by atoms with van der Waals surface area (Å²) in [5, 5.41) is 34.9. The molecule has 1 aromatic heterocycles. The third kappa shape index (κ3) is 6.96. The van der Waals surface area contributed by atoms with Crippen LogP contribution in [-0.4, -0.2) is 42.3 Å². The number of nitrogens with one attached hydrogen (secondary N) is 2. The zero-order valence-electron chi connectivity index (χ0n) is 17.8. The lowest BCUT2D eigenvalue weighted by Crippen LogP contribution is -2.27. The van der Waals surface area contributed by atoms with Crippen molar-refractivity contribution in [3.05, 3.63) is 70.1 Å². The van der Waals surface area contributed by atoms with Gasteiger partial charge in [-0.1, -0.05) is 17.8 Å². The van der Waals surface area contributed by atoms with Gasteiger partial charge in [0.1, 0.15) is 11.5 Å². The van der Waals surface area contributed by atoms with Gasteiger partial charge in [-0.25, -0.2) is 5.43 Å². The number of rotatable bonds is 10. The van der Waals surface area contributed by atoms with Gasteiger partial charge in [0.15, 0.2) is 11.0 Å². The van der Waals surface area contributed by atoms with Crippen LogP contribution in [0.2, 0.25) is 0 Å². The first-order valence-corrected chi connectivity index (χ1v) is 11.9. The number of hydrazone groups is 1. The van der Waals surface area contributed by atoms with E-state index < -0.39 is 5.25 Å². The second-order valence-corrected chi connectivity index (χ2v) is 9.45. The van der Waals surface area contributed by atoms with E-state index >= 15 is 0 Å². The summed E-state index contributed by atoms with van der Waals surface area (Å²) in [6.07, 6.45) is 3.06. The van der Waals surface area contributed by atoms with Crippen LogP contribution < -0.4 is 10.7 Å². The number of aromatic hydroxyl groups is 2. The molecule has 0 aliphatic carbocycles. The molecule has 4 N–H and O–H groups in total. The summed E-state index contributed by atoms with van der Waals surface area (Å²) in [6.45, 7) is 6.52. The first-order valence-electron chi connectivity index (χ1n) is 9.91. The van der Waals surface area contributed by atoms with Gasteiger partial charge in [0, 0.05) is 27.4 Å². The number of allylic oxidation sites excluding steroid dienone is 1. The fourth-order valence-electron chi connectivity index (χ4n) is 2.71. The molecule has 0 aliphatic rings. The SMILES string of the molecule is C=CCn1c(CNc2ccc(I)cc2)nnc1S[C@H](C)C(=O)NN=Cc1ccc(O)cc1O. The Morgan fingerprint density at radius 3 is 2.73 bits per heavy atom. The van der Waals surface area contributed by atoms with E-state index in [0.29, 0.717) is 23.8 Å². The number of phenolic OH excluding ortho intramolecular Hbond substituents is 2. The molecule has 9 nitrogen and oxygen atoms in total. The fraction of sp³-hybridized carbons (Fsp3) is 0.182. The molecule has 1 heterocycles. The highest BCUT2D eigenvalue weighted by Gasteiger charge is 2.19. The molecule has 0 saturated carbocycles. The Hall–Kier alpha value is -3.06. The van der Waals surface area contributed by atoms with Crippen molar-refractivity contribution in [3.8, 4) is 11.5 Å². The number of carbonyl (C=O) groups excluding carboxylic acids is 1. The Labute approximate surface area is 209 Å². The van der Waals surface area contributed by atoms with Crippen molar-refractivity contribution < 1.29 is 15.0 Å². The number of anilines is 1. The zero-order chi connectivity index (χ0) is 23.8. The predicted octanol–water partition coefficient (Wildman–Crippen LogP) is 3.72. The van der Waals surface area contributed by atoms with Crippen molar-refractivity contribution in [2.45, 2.75) is 30.4 Å². The third-order valence-electron chi connectivity index (χ3n) is 4.44. The van der Waals surface area contributed by atoms with Crippen molar-refractivity contribution in [2.75, 3.05) is 5.32 Å². The first kappa shape index (κ1) is 24.6. The van der Waals surface area contributed by atoms with E-state index in [-0.39, 0.29) is 17.4 Å². The second kappa shape index (κ2) is 11.7. The smallest absolute Gasteiger partial charge is 0.253 e. The van der Waals surface area contributed by atoms with Crippen LogP contribution in [0, 0.1) is 3.57 Å². The van der Waals surface area contributed by atoms with Crippen molar-refractivity contribution in [2.24, 2.45) is 5.10 Å². The number of carbonyl (C=O) groups is 1. The third-order valence-corrected chi connectivity index (χ3v) is 6.24. The summed E-state index contributed by atoms with van der Waals surface area (Å²) in [5.74, 6) is 0.195. The van der Waals surface area contributed by atoms with Gasteiger partial charge < -0.3 is 20.1 Å². The molecule has 0 spiro atoms. The minimum atomic E-state index is -0.500. The number of nitrogens with zero attached hydrogens (tertiary/aromatic N) is 4. The average molecular weight is 578 g/mol. The minimum absolute atomic E-state index is 0.0598. The maximum Gasteiger partial charge on any atom is 0.253 e. The van der Waals surface area contributed by atoms with Crippen LogP contribution >= 0.6 is 34.4 Å². The van der Waals surface area contributed by atoms with E-state index in [1.807, 2.05) is 28.8 Å². The topological polar surface area (TPSA) is 125 Å². The standard InChI is InChI=1S/C22H23IN6O3S/c1-3-10-29-20(13-24-17-7-5-16(23)6-8-17)26-28-22(29)33-14(2)21(32)27-25-12-15-4-9-18(30)11-19(15)31/h3-9,11-12,14,24,30-31H,1,10,13H2,2H3,(H,27,32)/t14-/m1/s1. The van der Waals surface area contributed by atoms with E-state index in [1.54, 1.807) is 13.0 Å². The summed E-state index contributed by atoms with van der Waals surface area (Å²) >= 11 is 3.51. The van der Waals surface area contributed by atoms with Gasteiger partial charge in [0.05, 0.1) is 18.0 Å². The molecule has 0 fully saturated rings. The van der Waals surface area contributed by atoms with E-state index in [4.69, 9.17) is 0 Å². The largest absolute Gasteiger partial charge is 0.508 e. The highest BCUT2D eigenvalue weighted by molar-refractivity contribution is 14.1. The van der Waals surface area contributed by atoms with E-state index in [2.05, 4.69) is 55.2 Å². The minimum Gasteiger partial charge on any atom is -0.508 e. The molecule has 3 rings (SSSR count). The van der Waals surface area contributed by atoms with Crippen LogP contribution in [-0.2, 0) is 17.9 Å². The van der Waals surface area contributed by atoms with Crippen molar-refractivity contribution in [1.82, 2.24) is 20.2 Å². The summed E-state index contributed by atoms with van der Waals surface area (Å²) in [7, 11) is 0. The zero-order valence-corrected chi connectivity index (χ0v) is 20.7. The Morgan fingerprint density at radius 2 is 2.03 bits per heavy atom. The molecular formula is C22H23IN6O3S. The first-order chi connectivity index (χ1) is 15.9. The van der Waals surface area contributed by atoms with Crippen LogP contribution in [0.25, 0.3) is 0 Å². The summed E-state index contributed by atoms with van der Waals surface area (Å²) in [4.78, 5) is 12.5. The maximum absolute atomic E-state index is 12.5.